The van der Waals surface area contributed by atoms with Crippen LogP contribution in [0.1, 0.15) is 51.5 Å². The lowest BCUT2D eigenvalue weighted by atomic mass is 9.89. The lowest BCUT2D eigenvalue weighted by Gasteiger charge is -2.43. The number of morpholine rings is 1. The van der Waals surface area contributed by atoms with Crippen molar-refractivity contribution in [3.63, 3.8) is 0 Å². The Kier molecular flexibility index (Phi) is 18.4. The molecular formula is C43H62ClN9O9. The predicted octanol–water partition coefficient (Wildman–Crippen LogP) is 5.25. The maximum Gasteiger partial charge on any atom is 0.257 e. The minimum absolute atomic E-state index is 0.184. The molecule has 3 atom stereocenters. The Hall–Kier alpha value is -3.98. The van der Waals surface area contributed by atoms with Crippen LogP contribution in [-0.4, -0.2) is 163 Å². The lowest BCUT2D eigenvalue weighted by Crippen LogP contribution is -2.52. The van der Waals surface area contributed by atoms with Crippen molar-refractivity contribution in [3.05, 3.63) is 54.5 Å². The molecule has 3 aliphatic rings. The van der Waals surface area contributed by atoms with Gasteiger partial charge in [0.05, 0.1) is 110 Å². The van der Waals surface area contributed by atoms with Gasteiger partial charge in [0.2, 0.25) is 5.95 Å². The predicted molar refractivity (Wildman–Crippen MR) is 230 cm³/mol. The Morgan fingerprint density at radius 1 is 0.758 bits per heavy atom. The van der Waals surface area contributed by atoms with Gasteiger partial charge in [-0.25, -0.2) is 19.6 Å². The highest BCUT2D eigenvalue weighted by Gasteiger charge is 2.42. The molecule has 5 heterocycles. The van der Waals surface area contributed by atoms with Crippen LogP contribution in [0, 0.1) is 0 Å². The summed E-state index contributed by atoms with van der Waals surface area (Å²) < 4.78 is 54.8. The van der Waals surface area contributed by atoms with Crippen molar-refractivity contribution in [2.75, 3.05) is 105 Å². The Bertz CT molecular complexity index is 1850. The van der Waals surface area contributed by atoms with E-state index in [1.807, 2.05) is 31.3 Å². The topological polar surface area (TPSA) is 173 Å². The number of nitrogens with one attached hydrogen (secondary N) is 1. The third-order valence-electron chi connectivity index (χ3n) is 11.2. The van der Waals surface area contributed by atoms with E-state index < -0.39 is 0 Å². The van der Waals surface area contributed by atoms with Gasteiger partial charge in [-0.15, -0.1) is 5.10 Å². The quantitative estimate of drug-likeness (QED) is 0.0733. The van der Waals surface area contributed by atoms with Crippen LogP contribution in [0.25, 0.3) is 11.1 Å². The van der Waals surface area contributed by atoms with Crippen molar-refractivity contribution < 1.29 is 42.6 Å². The summed E-state index contributed by atoms with van der Waals surface area (Å²) in [6.07, 6.45) is 15.4. The van der Waals surface area contributed by atoms with Crippen molar-refractivity contribution >= 4 is 23.2 Å². The molecule has 1 aromatic carbocycles. The SMILES string of the molecule is COCCOCCOCCOCCOCCOCCOc1nn(C2CCC(N3[C@@H]4CC[C@H]3COC4)CC2)cc1Nc1ncc(-c2ccc(Cl)c(O[C@@H](C)Cn3cncn3)c2)cn1. The number of benzene rings is 1. The van der Waals surface area contributed by atoms with E-state index in [1.165, 1.54) is 19.2 Å². The van der Waals surface area contributed by atoms with E-state index in [4.69, 9.17) is 59.3 Å². The van der Waals surface area contributed by atoms with Gasteiger partial charge in [-0.2, -0.15) is 5.10 Å². The summed E-state index contributed by atoms with van der Waals surface area (Å²) in [6, 6.07) is 7.63. The fourth-order valence-electron chi connectivity index (χ4n) is 8.23. The van der Waals surface area contributed by atoms with Crippen LogP contribution >= 0.6 is 11.6 Å². The number of rotatable bonds is 28. The second kappa shape index (κ2) is 24.8. The van der Waals surface area contributed by atoms with Gasteiger partial charge in [0, 0.05) is 43.2 Å². The summed E-state index contributed by atoms with van der Waals surface area (Å²) in [5.74, 6) is 1.46. The molecule has 0 amide bonds. The molecule has 340 valence electrons. The summed E-state index contributed by atoms with van der Waals surface area (Å²) in [6.45, 7) is 10.0. The molecule has 2 saturated heterocycles. The van der Waals surface area contributed by atoms with Crippen molar-refractivity contribution in [1.29, 1.82) is 0 Å². The summed E-state index contributed by atoms with van der Waals surface area (Å²) in [4.78, 5) is 16.1. The van der Waals surface area contributed by atoms with Crippen LogP contribution in [0.4, 0.5) is 11.6 Å². The van der Waals surface area contributed by atoms with E-state index in [9.17, 15) is 0 Å². The van der Waals surface area contributed by atoms with Gasteiger partial charge in [-0.05, 0) is 63.1 Å². The summed E-state index contributed by atoms with van der Waals surface area (Å²) in [5, 5.41) is 13.0. The monoisotopic (exact) mass is 883 g/mol. The van der Waals surface area contributed by atoms with Crippen LogP contribution in [-0.2, 0) is 39.7 Å². The second-order valence-electron chi connectivity index (χ2n) is 15.7. The molecule has 2 bridgehead atoms. The number of nitrogens with zero attached hydrogens (tertiary/aromatic N) is 8. The average molecular weight is 884 g/mol. The highest BCUT2D eigenvalue weighted by Crippen LogP contribution is 2.40. The fraction of sp³-hybridized carbons (Fsp3) is 0.651. The number of methoxy groups -OCH3 is 1. The molecule has 19 heteroatoms. The molecule has 3 aromatic heterocycles. The first kappa shape index (κ1) is 46.0. The lowest BCUT2D eigenvalue weighted by molar-refractivity contribution is -0.0458. The number of hydrogen-bond acceptors (Lipinski definition) is 16. The zero-order chi connectivity index (χ0) is 42.8. The Morgan fingerprint density at radius 3 is 1.97 bits per heavy atom. The van der Waals surface area contributed by atoms with Crippen molar-refractivity contribution in [2.24, 2.45) is 0 Å². The molecule has 0 unspecified atom stereocenters. The second-order valence-corrected chi connectivity index (χ2v) is 16.1. The van der Waals surface area contributed by atoms with Crippen LogP contribution < -0.4 is 14.8 Å². The van der Waals surface area contributed by atoms with Crippen molar-refractivity contribution in [2.45, 2.75) is 82.3 Å². The van der Waals surface area contributed by atoms with E-state index in [-0.39, 0.29) is 12.1 Å². The maximum atomic E-state index is 6.52. The number of halogens is 1. The maximum absolute atomic E-state index is 6.52. The molecule has 1 N–H and O–H groups in total. The molecule has 0 radical (unpaired) electrons. The number of aromatic nitrogens is 7. The van der Waals surface area contributed by atoms with E-state index in [0.717, 1.165) is 50.0 Å². The minimum Gasteiger partial charge on any atom is -0.487 e. The largest absolute Gasteiger partial charge is 0.487 e. The average Bonchev–Trinajstić information content (AvgIpc) is 4.01. The molecule has 0 spiro atoms. The smallest absolute Gasteiger partial charge is 0.257 e. The number of anilines is 2. The van der Waals surface area contributed by atoms with Crippen molar-refractivity contribution in [3.8, 4) is 22.8 Å². The molecule has 62 heavy (non-hydrogen) atoms. The molecule has 4 aromatic rings. The zero-order valence-corrected chi connectivity index (χ0v) is 36.7. The Morgan fingerprint density at radius 2 is 1.35 bits per heavy atom. The number of hydrogen-bond donors (Lipinski definition) is 1. The van der Waals surface area contributed by atoms with E-state index in [2.05, 4.69) is 34.9 Å². The van der Waals surface area contributed by atoms with E-state index >= 15 is 0 Å². The van der Waals surface area contributed by atoms with Crippen LogP contribution in [0.3, 0.4) is 0 Å². The fourth-order valence-corrected chi connectivity index (χ4v) is 8.39. The van der Waals surface area contributed by atoms with Crippen molar-refractivity contribution in [1.82, 2.24) is 39.4 Å². The first-order valence-electron chi connectivity index (χ1n) is 21.9. The van der Waals surface area contributed by atoms with Crippen LogP contribution in [0.2, 0.25) is 5.02 Å². The van der Waals surface area contributed by atoms with Gasteiger partial charge >= 0.3 is 0 Å². The normalized spacial score (nSPS) is 20.7. The third kappa shape index (κ3) is 13.8. The summed E-state index contributed by atoms with van der Waals surface area (Å²) >= 11 is 6.52. The number of ether oxygens (including phenoxy) is 9. The van der Waals surface area contributed by atoms with Crippen LogP contribution in [0.15, 0.2) is 49.4 Å². The zero-order valence-electron chi connectivity index (χ0n) is 36.0. The van der Waals surface area contributed by atoms with Crippen LogP contribution in [0.5, 0.6) is 11.6 Å². The molecule has 3 fully saturated rings. The van der Waals surface area contributed by atoms with E-state index in [1.54, 1.807) is 30.5 Å². The minimum atomic E-state index is -0.184. The first-order valence-corrected chi connectivity index (χ1v) is 22.2. The van der Waals surface area contributed by atoms with Gasteiger partial charge in [0.15, 0.2) is 0 Å². The highest BCUT2D eigenvalue weighted by molar-refractivity contribution is 6.32. The first-order chi connectivity index (χ1) is 30.5. The van der Waals surface area contributed by atoms with Gasteiger partial charge < -0.3 is 47.9 Å². The molecule has 7 rings (SSSR count). The van der Waals surface area contributed by atoms with Gasteiger partial charge in [-0.1, -0.05) is 17.7 Å². The Labute approximate surface area is 368 Å². The standard InChI is InChI=1S/C43H62ClN9O9/c1-32(26-51-31-45-30-48-51)62-41-23-33(3-10-39(41)44)34-24-46-43(47-25-34)49-40-27-52(35-4-6-36(7-5-35)53-37-8-9-38(53)29-60-28-37)50-42(40)61-22-21-59-20-19-58-18-17-57-16-15-56-14-13-55-12-11-54-2/h3,10,23-25,27,30-32,35-38H,4-9,11-22,26,28-29H2,1-2H3,(H,46,47,49)/t32-,35?,36?,37-,38+/m0/s1. The molecular weight excluding hydrogens is 822 g/mol. The third-order valence-corrected chi connectivity index (χ3v) is 11.6. The van der Waals surface area contributed by atoms with Gasteiger partial charge in [0.1, 0.15) is 36.8 Å². The Balaban J connectivity index is 0.882. The summed E-state index contributed by atoms with van der Waals surface area (Å²) in [5.41, 5.74) is 2.38. The summed E-state index contributed by atoms with van der Waals surface area (Å²) in [7, 11) is 1.65. The molecule has 2 aliphatic heterocycles. The molecule has 1 saturated carbocycles. The molecule has 1 aliphatic carbocycles. The van der Waals surface area contributed by atoms with Gasteiger partial charge in [0.25, 0.3) is 5.88 Å². The highest BCUT2D eigenvalue weighted by atomic mass is 35.5. The van der Waals surface area contributed by atoms with E-state index in [0.29, 0.717) is 132 Å². The number of fused-ring (bicyclic) bond motifs is 2. The van der Waals surface area contributed by atoms with Gasteiger partial charge in [-0.3, -0.25) is 9.58 Å². The molecule has 18 nitrogen and oxygen atoms in total.